The third kappa shape index (κ3) is 4.40. The van der Waals surface area contributed by atoms with Crippen LogP contribution in [0, 0.1) is 0 Å². The van der Waals surface area contributed by atoms with Gasteiger partial charge in [0.25, 0.3) is 0 Å². The molecule has 0 saturated carbocycles. The Morgan fingerprint density at radius 3 is 1.61 bits per heavy atom. The van der Waals surface area contributed by atoms with E-state index in [0.717, 1.165) is 0 Å². The van der Waals surface area contributed by atoms with Crippen LogP contribution in [-0.4, -0.2) is 0 Å². The number of hydrogen-bond acceptors (Lipinski definition) is 1. The molecule has 9 aromatic carbocycles. The maximum atomic E-state index is 9.61. The molecule has 49 heavy (non-hydrogen) atoms. The van der Waals surface area contributed by atoms with Gasteiger partial charge in [-0.25, -0.2) is 0 Å². The summed E-state index contributed by atoms with van der Waals surface area (Å²) in [6.45, 7) is 0. The third-order valence-electron chi connectivity index (χ3n) is 7.89. The van der Waals surface area contributed by atoms with Gasteiger partial charge in [-0.3, -0.25) is 0 Å². The maximum Gasteiger partial charge on any atom is 0.136 e. The van der Waals surface area contributed by atoms with Crippen molar-refractivity contribution in [3.05, 3.63) is 181 Å². The van der Waals surface area contributed by atoms with E-state index in [2.05, 4.69) is 0 Å². The number of hydrogen-bond donors (Lipinski definition) is 0. The van der Waals surface area contributed by atoms with Gasteiger partial charge in [-0.2, -0.15) is 0 Å². The summed E-state index contributed by atoms with van der Waals surface area (Å²) >= 11 is 0. The third-order valence-corrected chi connectivity index (χ3v) is 7.89. The summed E-state index contributed by atoms with van der Waals surface area (Å²) in [7, 11) is 0. The lowest BCUT2D eigenvalue weighted by Gasteiger charge is -2.18. The van der Waals surface area contributed by atoms with E-state index in [1.165, 1.54) is 0 Å². The highest BCUT2D eigenvalue weighted by atomic mass is 16.3. The first-order valence-electron chi connectivity index (χ1n) is 29.4. The van der Waals surface area contributed by atoms with Crippen LogP contribution in [0.5, 0.6) is 0 Å². The van der Waals surface area contributed by atoms with Crippen LogP contribution < -0.4 is 0 Å². The number of benzene rings is 9. The second-order valence-electron chi connectivity index (χ2n) is 10.5. The second-order valence-corrected chi connectivity index (χ2v) is 10.5. The van der Waals surface area contributed by atoms with E-state index in [4.69, 9.17) is 29.1 Å². The average molecular weight is 653 g/mol. The summed E-state index contributed by atoms with van der Waals surface area (Å²) in [6, 6.07) is -28.9. The van der Waals surface area contributed by atoms with Crippen molar-refractivity contribution in [2.45, 2.75) is 0 Å². The zero-order valence-electron chi connectivity index (χ0n) is 54.4. The highest BCUT2D eigenvalue weighted by Crippen LogP contribution is 2.47. The predicted octanol–water partition coefficient (Wildman–Crippen LogP) is 13.7. The summed E-state index contributed by atoms with van der Waals surface area (Å²) in [6.07, 6.45) is 0. The van der Waals surface area contributed by atoms with Crippen molar-refractivity contribution < 1.29 is 45.5 Å². The van der Waals surface area contributed by atoms with Crippen LogP contribution in [0.3, 0.4) is 0 Å². The average Bonchev–Trinajstić information content (AvgIpc) is 3.47. The summed E-state index contributed by atoms with van der Waals surface area (Å²) in [5.74, 6) is 0. The van der Waals surface area contributed by atoms with Gasteiger partial charge in [-0.1, -0.05) is 163 Å². The smallest absolute Gasteiger partial charge is 0.136 e. The predicted molar refractivity (Wildman–Crippen MR) is 208 cm³/mol. The fraction of sp³-hybridized carbons (Fsp3) is 0. The standard InChI is InChI=1S/C48H30O/c1-2-12-31(13-3-1)35-28-29-42-45(30-35)49-44-23-11-22-43(48(42)44)47-40-19-8-6-17-38(40)46(39-18-7-9-20-41(39)47)34-26-24-33(25-27-34)37-21-10-15-32-14-4-5-16-36(32)37/h1-30H/i1D,2D,3D,4D,5D,6D,7D,8D,9D,10D,11D,12D,13D,14D,15D,16D,17D,18D,19D,20D,21D,22D,23D,24D,25D,26D,27D,28D,29D,30D. The molecule has 228 valence electrons. The van der Waals surface area contributed by atoms with E-state index in [-0.39, 0.29) is 0 Å². The molecule has 0 fully saturated rings. The van der Waals surface area contributed by atoms with Gasteiger partial charge in [0.1, 0.15) is 11.2 Å². The molecule has 1 heteroatoms. The fourth-order valence-electron chi connectivity index (χ4n) is 5.82. The van der Waals surface area contributed by atoms with Crippen LogP contribution in [0.1, 0.15) is 41.1 Å². The molecule has 0 aliphatic rings. The second kappa shape index (κ2) is 11.1. The van der Waals surface area contributed by atoms with E-state index >= 15 is 0 Å². The van der Waals surface area contributed by atoms with Crippen molar-refractivity contribution in [1.29, 1.82) is 0 Å². The maximum absolute atomic E-state index is 9.61. The molecule has 0 unspecified atom stereocenters. The van der Waals surface area contributed by atoms with Gasteiger partial charge in [0.15, 0.2) is 0 Å². The molecule has 1 aromatic heterocycles. The van der Waals surface area contributed by atoms with Gasteiger partial charge in [0, 0.05) is 10.8 Å². The molecule has 1 nitrogen and oxygen atoms in total. The van der Waals surface area contributed by atoms with Crippen LogP contribution in [0.15, 0.2) is 186 Å². The zero-order chi connectivity index (χ0) is 58.4. The Labute approximate surface area is 326 Å². The first-order valence-corrected chi connectivity index (χ1v) is 14.4. The molecule has 0 amide bonds. The molecule has 0 spiro atoms. The first-order chi connectivity index (χ1) is 36.8. The molecule has 0 saturated heterocycles. The Kier molecular flexibility index (Phi) is 2.50. The molecule has 10 aromatic rings. The summed E-state index contributed by atoms with van der Waals surface area (Å²) in [5, 5.41) is -5.58. The highest BCUT2D eigenvalue weighted by Gasteiger charge is 2.20. The minimum absolute atomic E-state index is 0.602. The largest absolute Gasteiger partial charge is 0.456 e. The number of fused-ring (bicyclic) bond motifs is 6. The molecule has 0 N–H and O–H groups in total. The van der Waals surface area contributed by atoms with Crippen molar-refractivity contribution in [1.82, 2.24) is 0 Å². The van der Waals surface area contributed by atoms with Crippen molar-refractivity contribution in [3.8, 4) is 44.5 Å². The Morgan fingerprint density at radius 2 is 0.878 bits per heavy atom. The lowest BCUT2D eigenvalue weighted by molar-refractivity contribution is 0.669. The van der Waals surface area contributed by atoms with Crippen molar-refractivity contribution in [2.75, 3.05) is 0 Å². The molecule has 10 rings (SSSR count). The fourth-order valence-corrected chi connectivity index (χ4v) is 5.82. The Bertz CT molecular complexity index is 4450. The molecule has 0 atom stereocenters. The lowest BCUT2D eigenvalue weighted by Crippen LogP contribution is -1.91. The van der Waals surface area contributed by atoms with Gasteiger partial charge in [0.05, 0.1) is 41.1 Å². The molecule has 1 heterocycles. The molecule has 0 radical (unpaired) electrons. The van der Waals surface area contributed by atoms with Crippen LogP contribution in [0.2, 0.25) is 0 Å². The monoisotopic (exact) mass is 652 g/mol. The van der Waals surface area contributed by atoms with E-state index < -0.39 is 280 Å². The molecule has 0 aliphatic heterocycles. The van der Waals surface area contributed by atoms with Gasteiger partial charge in [-0.15, -0.1) is 0 Å². The topological polar surface area (TPSA) is 13.1 Å². The van der Waals surface area contributed by atoms with Gasteiger partial charge in [-0.05, 0) is 95.0 Å². The Morgan fingerprint density at radius 1 is 0.327 bits per heavy atom. The van der Waals surface area contributed by atoms with Crippen LogP contribution >= 0.6 is 0 Å². The number of rotatable bonds is 4. The number of furan rings is 1. The van der Waals surface area contributed by atoms with Crippen molar-refractivity contribution in [3.63, 3.8) is 0 Å². The first kappa shape index (κ1) is 11.1. The van der Waals surface area contributed by atoms with Crippen LogP contribution in [0.4, 0.5) is 0 Å². The minimum Gasteiger partial charge on any atom is -0.456 e. The molecular formula is C48H30O. The minimum atomic E-state index is -1.13. The summed E-state index contributed by atoms with van der Waals surface area (Å²) < 4.78 is 276. The SMILES string of the molecule is [2H]c1c([2H])c([2H])c(-c2c([2H])c([2H])c3c(oc4c([2H])c([2H])c([2H])c(-c5c6c([2H])c([2H])c([2H])c([2H])c6c(-c6c([2H])c([2H])c(-c7c([2H])c([2H])c([2H])c8c([2H])c([2H])c([2H])c([2H])c78)c([2H])c6[2H])c6c([2H])c([2H])c([2H])c([2H])c56)c43)c2[2H])c([2H])c1[2H]. The van der Waals surface area contributed by atoms with E-state index in [9.17, 15) is 16.4 Å². The van der Waals surface area contributed by atoms with Gasteiger partial charge < -0.3 is 4.42 Å². The lowest BCUT2D eigenvalue weighted by atomic mass is 9.84. The summed E-state index contributed by atoms with van der Waals surface area (Å²) in [5.41, 5.74) is -7.61. The van der Waals surface area contributed by atoms with Gasteiger partial charge in [0.2, 0.25) is 0 Å². The van der Waals surface area contributed by atoms with Gasteiger partial charge >= 0.3 is 0 Å². The van der Waals surface area contributed by atoms with E-state index in [1.54, 1.807) is 0 Å². The van der Waals surface area contributed by atoms with Crippen molar-refractivity contribution in [2.24, 2.45) is 0 Å². The Hall–Kier alpha value is -6.44. The normalized spacial score (nSPS) is 20.2. The molecule has 0 aliphatic carbocycles. The van der Waals surface area contributed by atoms with Crippen LogP contribution in [-0.2, 0) is 0 Å². The molecule has 0 bridgehead atoms. The van der Waals surface area contributed by atoms with Crippen LogP contribution in [0.25, 0.3) is 98.8 Å². The quantitative estimate of drug-likeness (QED) is 0.172. The highest BCUT2D eigenvalue weighted by molar-refractivity contribution is 6.25. The summed E-state index contributed by atoms with van der Waals surface area (Å²) in [4.78, 5) is 0. The van der Waals surface area contributed by atoms with E-state index in [0.29, 0.717) is 0 Å². The van der Waals surface area contributed by atoms with Crippen molar-refractivity contribution >= 4 is 54.3 Å². The van der Waals surface area contributed by atoms with E-state index in [1.807, 2.05) is 0 Å². The molecular weight excluding hydrogens is 593 g/mol. The zero-order valence-corrected chi connectivity index (χ0v) is 24.4. The Balaban J connectivity index is 1.46.